The summed E-state index contributed by atoms with van der Waals surface area (Å²) < 4.78 is 16.1. The van der Waals surface area contributed by atoms with Crippen molar-refractivity contribution < 1.29 is 14.0 Å². The second-order valence-electron chi connectivity index (χ2n) is 6.46. The summed E-state index contributed by atoms with van der Waals surface area (Å²) >= 11 is 0. The van der Waals surface area contributed by atoms with Gasteiger partial charge in [-0.1, -0.05) is 18.2 Å². The van der Waals surface area contributed by atoms with Crippen molar-refractivity contribution in [1.82, 2.24) is 24.6 Å². The number of hydrogen-bond donors (Lipinski definition) is 1. The van der Waals surface area contributed by atoms with Gasteiger partial charge < -0.3 is 10.2 Å². The Kier molecular flexibility index (Phi) is 4.88. The van der Waals surface area contributed by atoms with E-state index in [1.54, 1.807) is 18.2 Å². The van der Waals surface area contributed by atoms with Gasteiger partial charge in [0.15, 0.2) is 0 Å². The van der Waals surface area contributed by atoms with Crippen molar-refractivity contribution in [2.24, 2.45) is 0 Å². The van der Waals surface area contributed by atoms with Gasteiger partial charge in [-0.15, -0.1) is 5.10 Å². The fourth-order valence-corrected chi connectivity index (χ4v) is 2.85. The average molecular weight is 361 g/mol. The molecule has 2 heterocycles. The highest BCUT2D eigenvalue weighted by molar-refractivity contribution is 5.91. The number of halogens is 1. The van der Waals surface area contributed by atoms with E-state index in [1.807, 2.05) is 13.8 Å². The summed E-state index contributed by atoms with van der Waals surface area (Å²) in [5.74, 6) is -1.23. The van der Waals surface area contributed by atoms with Crippen molar-refractivity contribution in [1.29, 1.82) is 0 Å². The van der Waals surface area contributed by atoms with Gasteiger partial charge in [0.25, 0.3) is 5.91 Å². The van der Waals surface area contributed by atoms with E-state index >= 15 is 0 Å². The van der Waals surface area contributed by atoms with Crippen molar-refractivity contribution in [3.8, 4) is 0 Å². The number of benzene rings is 1. The van der Waals surface area contributed by atoms with E-state index in [0.29, 0.717) is 5.56 Å². The summed E-state index contributed by atoms with van der Waals surface area (Å²) in [5.41, 5.74) is -0.106. The van der Waals surface area contributed by atoms with Crippen molar-refractivity contribution >= 4 is 11.8 Å². The van der Waals surface area contributed by atoms with Crippen molar-refractivity contribution in [2.75, 3.05) is 6.54 Å². The van der Waals surface area contributed by atoms with Crippen LogP contribution in [0.1, 0.15) is 30.0 Å². The van der Waals surface area contributed by atoms with Crippen LogP contribution in [0, 0.1) is 5.82 Å². The van der Waals surface area contributed by atoms with Gasteiger partial charge in [-0.2, -0.15) is 0 Å². The predicted molar refractivity (Wildman–Crippen MR) is 90.9 cm³/mol. The molecule has 1 aliphatic heterocycles. The first-order valence-corrected chi connectivity index (χ1v) is 8.36. The molecule has 0 saturated heterocycles. The zero-order valence-electron chi connectivity index (χ0n) is 14.6. The average Bonchev–Trinajstić information content (AvgIpc) is 2.88. The molecule has 0 radical (unpaired) electrons. The van der Waals surface area contributed by atoms with Crippen LogP contribution in [0.2, 0.25) is 0 Å². The minimum absolute atomic E-state index is 0.0325. The molecule has 138 valence electrons. The van der Waals surface area contributed by atoms with Crippen molar-refractivity contribution in [3.05, 3.63) is 52.0 Å². The zero-order chi connectivity index (χ0) is 18.8. The monoisotopic (exact) mass is 361 g/mol. The smallest absolute Gasteiger partial charge is 0.346 e. The van der Waals surface area contributed by atoms with Crippen LogP contribution in [0.3, 0.4) is 0 Å². The van der Waals surface area contributed by atoms with Crippen molar-refractivity contribution in [2.45, 2.75) is 39.5 Å². The minimum Gasteiger partial charge on any atom is -0.352 e. The molecule has 0 fully saturated rings. The molecule has 1 aromatic heterocycles. The van der Waals surface area contributed by atoms with E-state index in [2.05, 4.69) is 10.4 Å². The van der Waals surface area contributed by atoms with Crippen LogP contribution in [0.25, 0.3) is 0 Å². The van der Waals surface area contributed by atoms with Crippen LogP contribution >= 0.6 is 0 Å². The maximum absolute atomic E-state index is 13.8. The lowest BCUT2D eigenvalue weighted by atomic mass is 10.2. The number of aromatic nitrogens is 3. The molecule has 0 spiro atoms. The Hall–Kier alpha value is -2.97. The molecule has 0 unspecified atom stereocenters. The van der Waals surface area contributed by atoms with Crippen molar-refractivity contribution in [3.63, 3.8) is 0 Å². The molecule has 0 saturated carbocycles. The van der Waals surface area contributed by atoms with Gasteiger partial charge in [0.05, 0.1) is 0 Å². The lowest BCUT2D eigenvalue weighted by molar-refractivity contribution is -0.122. The summed E-state index contributed by atoms with van der Waals surface area (Å²) in [6, 6.07) is 6.16. The first kappa shape index (κ1) is 17.8. The standard InChI is InChI=1S/C17H20FN5O3/c1-11(2)19-14(24)10-23-17(26)22-8-7-21(16(25)15(22)20-23)9-12-5-3-4-6-13(12)18/h3-6,11H,7-10H2,1-2H3,(H,19,24). The third kappa shape index (κ3) is 3.51. The van der Waals surface area contributed by atoms with Crippen LogP contribution < -0.4 is 11.0 Å². The molecule has 1 aromatic carbocycles. The molecule has 26 heavy (non-hydrogen) atoms. The normalized spacial score (nSPS) is 13.8. The van der Waals surface area contributed by atoms with E-state index in [0.717, 1.165) is 4.68 Å². The van der Waals surface area contributed by atoms with Gasteiger partial charge in [0, 0.05) is 31.2 Å². The lowest BCUT2D eigenvalue weighted by Crippen LogP contribution is -2.43. The number of nitrogens with zero attached hydrogens (tertiary/aromatic N) is 4. The maximum atomic E-state index is 13.8. The maximum Gasteiger partial charge on any atom is 0.346 e. The number of carbonyl (C=O) groups excluding carboxylic acids is 2. The fraction of sp³-hybridized carbons (Fsp3) is 0.412. The molecule has 3 rings (SSSR count). The van der Waals surface area contributed by atoms with E-state index in [-0.39, 0.29) is 49.8 Å². The first-order chi connectivity index (χ1) is 12.4. The predicted octanol–water partition coefficient (Wildman–Crippen LogP) is 0.365. The summed E-state index contributed by atoms with van der Waals surface area (Å²) in [6.07, 6.45) is 0. The minimum atomic E-state index is -0.502. The number of fused-ring (bicyclic) bond motifs is 1. The third-order valence-electron chi connectivity index (χ3n) is 4.06. The second-order valence-corrected chi connectivity index (χ2v) is 6.46. The molecule has 0 aliphatic carbocycles. The molecule has 2 aromatic rings. The second kappa shape index (κ2) is 7.11. The molecule has 0 atom stereocenters. The SMILES string of the molecule is CC(C)NC(=O)Cn1nc2n(c1=O)CCN(Cc1ccccc1F)C2=O. The molecule has 9 heteroatoms. The molecular weight excluding hydrogens is 341 g/mol. The highest BCUT2D eigenvalue weighted by Crippen LogP contribution is 2.15. The number of carbonyl (C=O) groups is 2. The van der Waals surface area contributed by atoms with Crippen LogP contribution in [0.15, 0.2) is 29.1 Å². The Morgan fingerprint density at radius 3 is 2.69 bits per heavy atom. The summed E-state index contributed by atoms with van der Waals surface area (Å²) in [6.45, 7) is 3.98. The van der Waals surface area contributed by atoms with Crippen LogP contribution in [-0.2, 0) is 24.4 Å². The Bertz CT molecular complexity index is 902. The van der Waals surface area contributed by atoms with Gasteiger partial charge in [0.1, 0.15) is 12.4 Å². The number of hydrogen-bond acceptors (Lipinski definition) is 4. The van der Waals surface area contributed by atoms with E-state index in [1.165, 1.54) is 15.5 Å². The molecule has 1 aliphatic rings. The van der Waals surface area contributed by atoms with Gasteiger partial charge in [-0.25, -0.2) is 13.9 Å². The quantitative estimate of drug-likeness (QED) is 0.833. The highest BCUT2D eigenvalue weighted by atomic mass is 19.1. The van der Waals surface area contributed by atoms with Gasteiger partial charge in [-0.05, 0) is 19.9 Å². The Labute approximate surface area is 149 Å². The number of nitrogens with one attached hydrogen (secondary N) is 1. The van der Waals surface area contributed by atoms with E-state index in [9.17, 15) is 18.8 Å². The first-order valence-electron chi connectivity index (χ1n) is 8.36. The van der Waals surface area contributed by atoms with Gasteiger partial charge in [-0.3, -0.25) is 14.2 Å². The lowest BCUT2D eigenvalue weighted by Gasteiger charge is -2.26. The summed E-state index contributed by atoms with van der Waals surface area (Å²) in [7, 11) is 0. The highest BCUT2D eigenvalue weighted by Gasteiger charge is 2.30. The van der Waals surface area contributed by atoms with E-state index in [4.69, 9.17) is 0 Å². The topological polar surface area (TPSA) is 89.2 Å². The summed E-state index contributed by atoms with van der Waals surface area (Å²) in [5, 5.41) is 6.69. The fourth-order valence-electron chi connectivity index (χ4n) is 2.85. The number of amides is 2. The molecule has 8 nitrogen and oxygen atoms in total. The molecular formula is C17H20FN5O3. The van der Waals surface area contributed by atoms with Crippen LogP contribution in [0.4, 0.5) is 4.39 Å². The van der Waals surface area contributed by atoms with Crippen LogP contribution in [0.5, 0.6) is 0 Å². The molecule has 1 N–H and O–H groups in total. The van der Waals surface area contributed by atoms with Crippen LogP contribution in [-0.4, -0.2) is 43.6 Å². The molecule has 2 amide bonds. The Balaban J connectivity index is 1.80. The van der Waals surface area contributed by atoms with E-state index < -0.39 is 11.6 Å². The Morgan fingerprint density at radius 1 is 1.27 bits per heavy atom. The number of rotatable bonds is 5. The summed E-state index contributed by atoms with van der Waals surface area (Å²) in [4.78, 5) is 38.3. The Morgan fingerprint density at radius 2 is 2.00 bits per heavy atom. The zero-order valence-corrected chi connectivity index (χ0v) is 14.6. The third-order valence-corrected chi connectivity index (χ3v) is 4.06. The largest absolute Gasteiger partial charge is 0.352 e. The van der Waals surface area contributed by atoms with Gasteiger partial charge in [0.2, 0.25) is 11.7 Å². The molecule has 0 bridgehead atoms. The van der Waals surface area contributed by atoms with Gasteiger partial charge >= 0.3 is 5.69 Å².